The Hall–Kier alpha value is -3.41. The third-order valence-corrected chi connectivity index (χ3v) is 3.66. The lowest BCUT2D eigenvalue weighted by atomic mass is 10.1. The Labute approximate surface area is 144 Å². The molecule has 6 heteroatoms. The molecular formula is C19H16N2O4. The van der Waals surface area contributed by atoms with Crippen LogP contribution in [0.25, 0.3) is 6.08 Å². The summed E-state index contributed by atoms with van der Waals surface area (Å²) in [6, 6.07) is 10.1. The van der Waals surface area contributed by atoms with Gasteiger partial charge in [0.15, 0.2) is 0 Å². The van der Waals surface area contributed by atoms with E-state index >= 15 is 0 Å². The lowest BCUT2D eigenvalue weighted by Gasteiger charge is -2.11. The van der Waals surface area contributed by atoms with Gasteiger partial charge in [-0.15, -0.1) is 0 Å². The molecule has 3 rings (SSSR count). The summed E-state index contributed by atoms with van der Waals surface area (Å²) in [4.78, 5) is 24.1. The molecule has 0 bridgehead atoms. The van der Waals surface area contributed by atoms with Gasteiger partial charge in [0.2, 0.25) is 0 Å². The summed E-state index contributed by atoms with van der Waals surface area (Å²) in [5.41, 5.74) is 2.11. The zero-order valence-electron chi connectivity index (χ0n) is 13.8. The average Bonchev–Trinajstić information content (AvgIpc) is 3.24. The van der Waals surface area contributed by atoms with E-state index in [9.17, 15) is 9.59 Å². The van der Waals surface area contributed by atoms with Crippen LogP contribution in [0.1, 0.15) is 23.0 Å². The van der Waals surface area contributed by atoms with Gasteiger partial charge in [0.05, 0.1) is 35.9 Å². The van der Waals surface area contributed by atoms with Gasteiger partial charge in [-0.25, -0.2) is 4.79 Å². The van der Waals surface area contributed by atoms with Gasteiger partial charge in [0, 0.05) is 0 Å². The second kappa shape index (κ2) is 7.00. The van der Waals surface area contributed by atoms with Crippen molar-refractivity contribution in [3.05, 3.63) is 71.7 Å². The van der Waals surface area contributed by atoms with E-state index < -0.39 is 5.97 Å². The van der Waals surface area contributed by atoms with E-state index in [0.717, 1.165) is 0 Å². The molecule has 2 heterocycles. The van der Waals surface area contributed by atoms with E-state index in [4.69, 9.17) is 4.42 Å². The van der Waals surface area contributed by atoms with Crippen LogP contribution in [0.5, 0.6) is 0 Å². The molecule has 0 spiro atoms. The monoisotopic (exact) mass is 336 g/mol. The molecule has 2 aromatic rings. The van der Waals surface area contributed by atoms with Gasteiger partial charge in [-0.05, 0) is 55.5 Å². The Morgan fingerprint density at radius 1 is 1.24 bits per heavy atom. The number of hydrogen-bond acceptors (Lipinski definition) is 5. The highest BCUT2D eigenvalue weighted by Crippen LogP contribution is 2.24. The molecule has 0 N–H and O–H groups in total. The maximum absolute atomic E-state index is 12.6. The smallest absolute Gasteiger partial charge is 0.337 e. The summed E-state index contributed by atoms with van der Waals surface area (Å²) in [6.07, 6.45) is 6.79. The van der Waals surface area contributed by atoms with Crippen LogP contribution in [0.3, 0.4) is 0 Å². The maximum Gasteiger partial charge on any atom is 0.337 e. The molecule has 126 valence electrons. The summed E-state index contributed by atoms with van der Waals surface area (Å²) in [5, 5.41) is 5.60. The second-order valence-electron chi connectivity index (χ2n) is 5.30. The van der Waals surface area contributed by atoms with Crippen molar-refractivity contribution in [3.8, 4) is 0 Å². The van der Waals surface area contributed by atoms with Crippen molar-refractivity contribution < 1.29 is 18.7 Å². The molecule has 0 radical (unpaired) electrons. The van der Waals surface area contributed by atoms with Gasteiger partial charge in [-0.3, -0.25) is 4.79 Å². The van der Waals surface area contributed by atoms with Crippen molar-refractivity contribution in [3.63, 3.8) is 0 Å². The third kappa shape index (κ3) is 3.42. The summed E-state index contributed by atoms with van der Waals surface area (Å²) >= 11 is 0. The lowest BCUT2D eigenvalue weighted by molar-refractivity contribution is -0.114. The largest absolute Gasteiger partial charge is 0.465 e. The number of allylic oxidation sites excluding steroid dienone is 2. The number of methoxy groups -OCH3 is 1. The molecule has 1 amide bonds. The van der Waals surface area contributed by atoms with Crippen LogP contribution in [0.4, 0.5) is 5.69 Å². The van der Waals surface area contributed by atoms with Crippen LogP contribution in [0, 0.1) is 0 Å². The van der Waals surface area contributed by atoms with E-state index in [0.29, 0.717) is 28.3 Å². The summed E-state index contributed by atoms with van der Waals surface area (Å²) in [7, 11) is 1.32. The fourth-order valence-corrected chi connectivity index (χ4v) is 2.37. The van der Waals surface area contributed by atoms with E-state index in [1.807, 2.05) is 6.07 Å². The zero-order valence-corrected chi connectivity index (χ0v) is 13.8. The average molecular weight is 336 g/mol. The Kier molecular flexibility index (Phi) is 4.61. The van der Waals surface area contributed by atoms with Crippen molar-refractivity contribution >= 4 is 29.4 Å². The Morgan fingerprint density at radius 3 is 2.64 bits per heavy atom. The van der Waals surface area contributed by atoms with Gasteiger partial charge < -0.3 is 9.15 Å². The first kappa shape index (κ1) is 16.4. The molecule has 0 fully saturated rings. The molecule has 25 heavy (non-hydrogen) atoms. The SMILES string of the molecule is COC(=O)c1ccc(N2N=C(C)/C(=C/C=C/c3ccco3)C2=O)cc1. The van der Waals surface area contributed by atoms with Gasteiger partial charge >= 0.3 is 5.97 Å². The number of benzene rings is 1. The predicted octanol–water partition coefficient (Wildman–Crippen LogP) is 3.43. The molecule has 1 aromatic carbocycles. The Balaban J connectivity index is 1.79. The van der Waals surface area contributed by atoms with Crippen molar-refractivity contribution in [2.24, 2.45) is 5.10 Å². The van der Waals surface area contributed by atoms with Crippen LogP contribution in [-0.2, 0) is 9.53 Å². The van der Waals surface area contributed by atoms with Crippen LogP contribution >= 0.6 is 0 Å². The number of ether oxygens (including phenoxy) is 1. The molecule has 0 atom stereocenters. The standard InChI is InChI=1S/C19H16N2O4/c1-13-17(7-3-5-16-6-4-12-25-16)18(22)21(20-13)15-10-8-14(9-11-15)19(23)24-2/h3-12H,1-2H3/b5-3+,17-7-. The van der Waals surface area contributed by atoms with Crippen molar-refractivity contribution in [1.82, 2.24) is 0 Å². The van der Waals surface area contributed by atoms with E-state index in [2.05, 4.69) is 9.84 Å². The van der Waals surface area contributed by atoms with Crippen LogP contribution in [0.15, 0.2) is 69.9 Å². The van der Waals surface area contributed by atoms with Crippen molar-refractivity contribution in [2.75, 3.05) is 12.1 Å². The summed E-state index contributed by atoms with van der Waals surface area (Å²) in [5.74, 6) is 0.0437. The predicted molar refractivity (Wildman–Crippen MR) is 94.2 cm³/mol. The van der Waals surface area contributed by atoms with Gasteiger partial charge in [-0.2, -0.15) is 10.1 Å². The number of carbonyl (C=O) groups is 2. The first-order valence-corrected chi connectivity index (χ1v) is 7.60. The first-order valence-electron chi connectivity index (χ1n) is 7.60. The molecule has 0 saturated heterocycles. The van der Waals surface area contributed by atoms with Gasteiger partial charge in [-0.1, -0.05) is 6.08 Å². The van der Waals surface area contributed by atoms with Gasteiger partial charge in [0.25, 0.3) is 5.91 Å². The molecule has 0 aliphatic carbocycles. The highest BCUT2D eigenvalue weighted by Gasteiger charge is 2.28. The molecule has 1 aliphatic rings. The number of hydrogen-bond donors (Lipinski definition) is 0. The highest BCUT2D eigenvalue weighted by atomic mass is 16.5. The number of anilines is 1. The topological polar surface area (TPSA) is 72.1 Å². The second-order valence-corrected chi connectivity index (χ2v) is 5.30. The van der Waals surface area contributed by atoms with Crippen LogP contribution in [-0.4, -0.2) is 24.7 Å². The third-order valence-electron chi connectivity index (χ3n) is 3.66. The molecular weight excluding hydrogens is 320 g/mol. The number of esters is 1. The molecule has 6 nitrogen and oxygen atoms in total. The first-order chi connectivity index (χ1) is 12.1. The molecule has 0 saturated carbocycles. The number of amides is 1. The molecule has 0 unspecified atom stereocenters. The minimum atomic E-state index is -0.428. The highest BCUT2D eigenvalue weighted by molar-refractivity contribution is 6.29. The van der Waals surface area contributed by atoms with Crippen LogP contribution < -0.4 is 5.01 Å². The minimum Gasteiger partial charge on any atom is -0.465 e. The van der Waals surface area contributed by atoms with Crippen molar-refractivity contribution in [1.29, 1.82) is 0 Å². The maximum atomic E-state index is 12.6. The van der Waals surface area contributed by atoms with E-state index in [1.54, 1.807) is 61.7 Å². The van der Waals surface area contributed by atoms with E-state index in [-0.39, 0.29) is 5.91 Å². The normalized spacial score (nSPS) is 15.9. The fraction of sp³-hybridized carbons (Fsp3) is 0.105. The minimum absolute atomic E-state index is 0.229. The summed E-state index contributed by atoms with van der Waals surface area (Å²) < 4.78 is 9.86. The van der Waals surface area contributed by atoms with E-state index in [1.165, 1.54) is 12.1 Å². The summed E-state index contributed by atoms with van der Waals surface area (Å²) in [6.45, 7) is 1.77. The Morgan fingerprint density at radius 2 is 2.00 bits per heavy atom. The lowest BCUT2D eigenvalue weighted by Crippen LogP contribution is -2.21. The fourth-order valence-electron chi connectivity index (χ4n) is 2.37. The number of hydrazone groups is 1. The number of carbonyl (C=O) groups excluding carboxylic acids is 2. The number of furan rings is 1. The quantitative estimate of drug-likeness (QED) is 0.633. The number of nitrogens with zero attached hydrogens (tertiary/aromatic N) is 2. The van der Waals surface area contributed by atoms with Crippen molar-refractivity contribution in [2.45, 2.75) is 6.92 Å². The Bertz CT molecular complexity index is 875. The zero-order chi connectivity index (χ0) is 17.8. The van der Waals surface area contributed by atoms with Crippen LogP contribution in [0.2, 0.25) is 0 Å². The van der Waals surface area contributed by atoms with Gasteiger partial charge in [0.1, 0.15) is 5.76 Å². The number of rotatable bonds is 4. The molecule has 1 aromatic heterocycles. The molecule has 1 aliphatic heterocycles.